The quantitative estimate of drug-likeness (QED) is 0.607. The summed E-state index contributed by atoms with van der Waals surface area (Å²) in [5, 5.41) is 3.76. The SMILES string of the molecule is NC(=NC1C=CC=CN1)c1ccc(Cl)cc1. The highest BCUT2D eigenvalue weighted by molar-refractivity contribution is 6.30. The van der Waals surface area contributed by atoms with Gasteiger partial charge in [-0.15, -0.1) is 0 Å². The van der Waals surface area contributed by atoms with E-state index in [1.165, 1.54) is 0 Å². The van der Waals surface area contributed by atoms with Gasteiger partial charge in [0.2, 0.25) is 0 Å². The van der Waals surface area contributed by atoms with Crippen molar-refractivity contribution < 1.29 is 0 Å². The summed E-state index contributed by atoms with van der Waals surface area (Å²) in [5.74, 6) is 0.495. The summed E-state index contributed by atoms with van der Waals surface area (Å²) in [7, 11) is 0. The van der Waals surface area contributed by atoms with Crippen molar-refractivity contribution in [1.82, 2.24) is 5.32 Å². The minimum atomic E-state index is -0.0966. The minimum Gasteiger partial charge on any atom is -0.383 e. The Morgan fingerprint density at radius 1 is 1.25 bits per heavy atom. The molecule has 1 atom stereocenters. The number of benzene rings is 1. The highest BCUT2D eigenvalue weighted by Gasteiger charge is 2.04. The fraction of sp³-hybridized carbons (Fsp3) is 0.0833. The number of amidine groups is 1. The molecule has 0 fully saturated rings. The third-order valence-corrected chi connectivity index (χ3v) is 2.44. The Bertz CT molecular complexity index is 446. The van der Waals surface area contributed by atoms with Crippen molar-refractivity contribution >= 4 is 17.4 Å². The Balaban J connectivity index is 2.14. The van der Waals surface area contributed by atoms with Crippen LogP contribution in [0, 0.1) is 0 Å². The number of halogens is 1. The molecule has 2 rings (SSSR count). The summed E-state index contributed by atoms with van der Waals surface area (Å²) in [6.07, 6.45) is 7.51. The van der Waals surface area contributed by atoms with E-state index < -0.39 is 0 Å². The second-order valence-electron chi connectivity index (χ2n) is 3.38. The van der Waals surface area contributed by atoms with Crippen molar-refractivity contribution in [3.05, 3.63) is 59.3 Å². The molecule has 1 unspecified atom stereocenters. The van der Waals surface area contributed by atoms with Gasteiger partial charge < -0.3 is 11.1 Å². The van der Waals surface area contributed by atoms with Gasteiger partial charge in [0.05, 0.1) is 0 Å². The van der Waals surface area contributed by atoms with Crippen LogP contribution in [-0.2, 0) is 0 Å². The highest BCUT2D eigenvalue weighted by Crippen LogP contribution is 2.09. The standard InChI is InChI=1S/C12H12ClN3/c13-10-6-4-9(5-7-10)12(14)16-11-3-1-2-8-15-11/h1-8,11,15H,(H2,14,16). The van der Waals surface area contributed by atoms with Crippen molar-refractivity contribution in [3.63, 3.8) is 0 Å². The molecule has 16 heavy (non-hydrogen) atoms. The van der Waals surface area contributed by atoms with E-state index in [4.69, 9.17) is 17.3 Å². The molecule has 0 spiro atoms. The monoisotopic (exact) mass is 233 g/mol. The molecule has 0 amide bonds. The molecule has 3 N–H and O–H groups in total. The number of nitrogens with one attached hydrogen (secondary N) is 1. The van der Waals surface area contributed by atoms with Gasteiger partial charge in [0.1, 0.15) is 12.0 Å². The topological polar surface area (TPSA) is 50.4 Å². The third kappa shape index (κ3) is 2.64. The van der Waals surface area contributed by atoms with Crippen LogP contribution in [0.4, 0.5) is 0 Å². The minimum absolute atomic E-state index is 0.0966. The number of allylic oxidation sites excluding steroid dienone is 2. The van der Waals surface area contributed by atoms with Gasteiger partial charge in [-0.1, -0.05) is 17.7 Å². The lowest BCUT2D eigenvalue weighted by Crippen LogP contribution is -2.26. The summed E-state index contributed by atoms with van der Waals surface area (Å²) >= 11 is 5.79. The summed E-state index contributed by atoms with van der Waals surface area (Å²) in [6, 6.07) is 7.29. The van der Waals surface area contributed by atoms with Crippen molar-refractivity contribution in [1.29, 1.82) is 0 Å². The number of hydrogen-bond acceptors (Lipinski definition) is 2. The number of rotatable bonds is 2. The summed E-state index contributed by atoms with van der Waals surface area (Å²) in [4.78, 5) is 4.34. The normalized spacial score (nSPS) is 19.6. The molecule has 0 saturated carbocycles. The molecular formula is C12H12ClN3. The summed E-state index contributed by atoms with van der Waals surface area (Å²) in [5.41, 5.74) is 6.75. The van der Waals surface area contributed by atoms with Gasteiger partial charge in [-0.2, -0.15) is 0 Å². The molecule has 1 aliphatic heterocycles. The second kappa shape index (κ2) is 4.86. The molecule has 4 heteroatoms. The smallest absolute Gasteiger partial charge is 0.139 e. The van der Waals surface area contributed by atoms with Gasteiger partial charge >= 0.3 is 0 Å². The van der Waals surface area contributed by atoms with Crippen LogP contribution in [0.25, 0.3) is 0 Å². The molecule has 0 saturated heterocycles. The number of dihydropyridines is 1. The molecule has 0 aromatic heterocycles. The third-order valence-electron chi connectivity index (χ3n) is 2.19. The number of hydrogen-bond donors (Lipinski definition) is 2. The first-order chi connectivity index (χ1) is 7.75. The van der Waals surface area contributed by atoms with Crippen LogP contribution in [0.5, 0.6) is 0 Å². The zero-order chi connectivity index (χ0) is 11.4. The molecular weight excluding hydrogens is 222 g/mol. The van der Waals surface area contributed by atoms with Crippen molar-refractivity contribution in [2.75, 3.05) is 0 Å². The Hall–Kier alpha value is -1.74. The number of aliphatic imine (C=N–C) groups is 1. The van der Waals surface area contributed by atoms with E-state index >= 15 is 0 Å². The van der Waals surface area contributed by atoms with E-state index in [1.807, 2.05) is 36.6 Å². The van der Waals surface area contributed by atoms with Crippen molar-refractivity contribution in [2.45, 2.75) is 6.17 Å². The molecule has 1 aliphatic rings. The number of nitrogens with zero attached hydrogens (tertiary/aromatic N) is 1. The van der Waals surface area contributed by atoms with E-state index in [0.717, 1.165) is 5.56 Å². The molecule has 0 bridgehead atoms. The maximum atomic E-state index is 5.88. The Morgan fingerprint density at radius 3 is 2.62 bits per heavy atom. The predicted molar refractivity (Wildman–Crippen MR) is 67.4 cm³/mol. The zero-order valence-electron chi connectivity index (χ0n) is 8.60. The first-order valence-electron chi connectivity index (χ1n) is 4.94. The van der Waals surface area contributed by atoms with E-state index in [2.05, 4.69) is 10.3 Å². The van der Waals surface area contributed by atoms with Gasteiger partial charge in [0.25, 0.3) is 0 Å². The predicted octanol–water partition coefficient (Wildman–Crippen LogP) is 2.04. The van der Waals surface area contributed by atoms with E-state index in [0.29, 0.717) is 10.9 Å². The largest absolute Gasteiger partial charge is 0.383 e. The van der Waals surface area contributed by atoms with Gasteiger partial charge in [0, 0.05) is 10.6 Å². The van der Waals surface area contributed by atoms with Gasteiger partial charge in [0.15, 0.2) is 0 Å². The van der Waals surface area contributed by atoms with E-state index in [1.54, 1.807) is 12.1 Å². The maximum Gasteiger partial charge on any atom is 0.139 e. The molecule has 1 aromatic rings. The average molecular weight is 234 g/mol. The lowest BCUT2D eigenvalue weighted by Gasteiger charge is -2.12. The maximum absolute atomic E-state index is 5.88. The van der Waals surface area contributed by atoms with Gasteiger partial charge in [-0.05, 0) is 42.6 Å². The van der Waals surface area contributed by atoms with Crippen LogP contribution in [0.1, 0.15) is 5.56 Å². The zero-order valence-corrected chi connectivity index (χ0v) is 9.35. The summed E-state index contributed by atoms with van der Waals surface area (Å²) < 4.78 is 0. The van der Waals surface area contributed by atoms with Gasteiger partial charge in [-0.3, -0.25) is 0 Å². The van der Waals surface area contributed by atoms with Crippen LogP contribution in [0.3, 0.4) is 0 Å². The summed E-state index contributed by atoms with van der Waals surface area (Å²) in [6.45, 7) is 0. The first kappa shape index (κ1) is 10.8. The van der Waals surface area contributed by atoms with Crippen LogP contribution < -0.4 is 11.1 Å². The Kier molecular flexibility index (Phi) is 3.27. The average Bonchev–Trinajstić information content (AvgIpc) is 2.31. The Labute approximate surface area is 99.3 Å². The van der Waals surface area contributed by atoms with Crippen molar-refractivity contribution in [2.24, 2.45) is 10.7 Å². The molecule has 0 radical (unpaired) electrons. The van der Waals surface area contributed by atoms with E-state index in [9.17, 15) is 0 Å². The fourth-order valence-corrected chi connectivity index (χ4v) is 1.49. The highest BCUT2D eigenvalue weighted by atomic mass is 35.5. The van der Waals surface area contributed by atoms with Crippen LogP contribution in [0.15, 0.2) is 53.7 Å². The fourth-order valence-electron chi connectivity index (χ4n) is 1.36. The van der Waals surface area contributed by atoms with Crippen LogP contribution in [0.2, 0.25) is 5.02 Å². The molecule has 0 aliphatic carbocycles. The molecule has 1 aromatic carbocycles. The van der Waals surface area contributed by atoms with Gasteiger partial charge in [-0.25, -0.2) is 4.99 Å². The second-order valence-corrected chi connectivity index (χ2v) is 3.81. The first-order valence-corrected chi connectivity index (χ1v) is 5.32. The van der Waals surface area contributed by atoms with E-state index in [-0.39, 0.29) is 6.17 Å². The molecule has 82 valence electrons. The molecule has 1 heterocycles. The lowest BCUT2D eigenvalue weighted by atomic mass is 10.2. The van der Waals surface area contributed by atoms with Crippen molar-refractivity contribution in [3.8, 4) is 0 Å². The number of nitrogens with two attached hydrogens (primary N) is 1. The van der Waals surface area contributed by atoms with Crippen LogP contribution >= 0.6 is 11.6 Å². The lowest BCUT2D eigenvalue weighted by molar-refractivity contribution is 0.729. The molecule has 3 nitrogen and oxygen atoms in total. The van der Waals surface area contributed by atoms with Crippen LogP contribution in [-0.4, -0.2) is 12.0 Å². The Morgan fingerprint density at radius 2 is 2.00 bits per heavy atom.